The molecule has 1 N–H and O–H groups in total. The number of ether oxygens (including phenoxy) is 2. The van der Waals surface area contributed by atoms with Crippen molar-refractivity contribution in [1.82, 2.24) is 10.4 Å². The molecule has 1 aromatic carbocycles. The third-order valence-corrected chi connectivity index (χ3v) is 2.79. The fourth-order valence-electron chi connectivity index (χ4n) is 1.79. The van der Waals surface area contributed by atoms with Crippen LogP contribution in [0.2, 0.25) is 0 Å². The van der Waals surface area contributed by atoms with Crippen LogP contribution in [0.1, 0.15) is 22.8 Å². The van der Waals surface area contributed by atoms with Crippen LogP contribution >= 0.6 is 0 Å². The van der Waals surface area contributed by atoms with Gasteiger partial charge in [-0.1, -0.05) is 0 Å². The van der Waals surface area contributed by atoms with Crippen LogP contribution in [0.15, 0.2) is 47.8 Å². The number of pyridine rings is 1. The predicted octanol–water partition coefficient (Wildman–Crippen LogP) is 2.85. The van der Waals surface area contributed by atoms with Crippen molar-refractivity contribution in [3.63, 3.8) is 0 Å². The highest BCUT2D eigenvalue weighted by atomic mass is 19.3. The van der Waals surface area contributed by atoms with Crippen LogP contribution in [0.25, 0.3) is 0 Å². The highest BCUT2D eigenvalue weighted by molar-refractivity contribution is 5.94. The maximum absolute atomic E-state index is 12.3. The third-order valence-electron chi connectivity index (χ3n) is 2.79. The number of nitrogens with zero attached hydrogens (tertiary/aromatic N) is 2. The third kappa shape index (κ3) is 5.01. The first-order valence-corrected chi connectivity index (χ1v) is 7.05. The highest BCUT2D eigenvalue weighted by Crippen LogP contribution is 2.29. The van der Waals surface area contributed by atoms with Crippen LogP contribution in [0, 0.1) is 0 Å². The van der Waals surface area contributed by atoms with E-state index < -0.39 is 12.5 Å². The number of nitrogens with one attached hydrogen (secondary N) is 1. The van der Waals surface area contributed by atoms with Gasteiger partial charge in [-0.3, -0.25) is 9.78 Å². The number of hydrogen-bond donors (Lipinski definition) is 1. The molecule has 0 aliphatic heterocycles. The molecule has 0 radical (unpaired) electrons. The first kappa shape index (κ1) is 17.3. The van der Waals surface area contributed by atoms with Crippen LogP contribution in [0.4, 0.5) is 8.78 Å². The van der Waals surface area contributed by atoms with E-state index in [1.807, 2.05) is 0 Å². The molecule has 2 rings (SSSR count). The minimum atomic E-state index is -2.94. The topological polar surface area (TPSA) is 72.8 Å². The molecule has 0 saturated carbocycles. The highest BCUT2D eigenvalue weighted by Gasteiger charge is 2.11. The lowest BCUT2D eigenvalue weighted by atomic mass is 10.2. The Hall–Kier alpha value is -3.03. The summed E-state index contributed by atoms with van der Waals surface area (Å²) >= 11 is 0. The standard InChI is InChI=1S/C16H15F2N3O3/c1-2-23-14-8-11(5-6-13(14)24-16(17)18)9-20-21-15(22)12-4-3-7-19-10-12/h3-10,16H,2H2,1H3,(H,21,22)/b20-9-. The lowest BCUT2D eigenvalue weighted by molar-refractivity contribution is -0.0514. The average Bonchev–Trinajstić information content (AvgIpc) is 2.57. The van der Waals surface area contributed by atoms with E-state index in [4.69, 9.17) is 4.74 Å². The summed E-state index contributed by atoms with van der Waals surface area (Å²) in [5, 5.41) is 3.81. The van der Waals surface area contributed by atoms with Crippen LogP contribution in [-0.2, 0) is 0 Å². The lowest BCUT2D eigenvalue weighted by Gasteiger charge is -2.11. The van der Waals surface area contributed by atoms with Crippen LogP contribution in [0.3, 0.4) is 0 Å². The van der Waals surface area contributed by atoms with E-state index in [0.29, 0.717) is 11.1 Å². The summed E-state index contributed by atoms with van der Waals surface area (Å²) < 4.78 is 34.3. The maximum atomic E-state index is 12.3. The Morgan fingerprint density at radius 3 is 2.88 bits per heavy atom. The zero-order chi connectivity index (χ0) is 17.4. The average molecular weight is 335 g/mol. The van der Waals surface area contributed by atoms with E-state index in [-0.39, 0.29) is 18.1 Å². The lowest BCUT2D eigenvalue weighted by Crippen LogP contribution is -2.17. The molecule has 0 aliphatic rings. The number of rotatable bonds is 7. The number of hydrogen-bond acceptors (Lipinski definition) is 5. The Kier molecular flexibility index (Phi) is 6.18. The molecule has 0 bridgehead atoms. The number of halogens is 2. The Morgan fingerprint density at radius 2 is 2.21 bits per heavy atom. The van der Waals surface area contributed by atoms with Gasteiger partial charge in [-0.15, -0.1) is 0 Å². The second-order valence-electron chi connectivity index (χ2n) is 4.46. The van der Waals surface area contributed by atoms with Gasteiger partial charge >= 0.3 is 6.61 Å². The van der Waals surface area contributed by atoms with Gasteiger partial charge in [-0.2, -0.15) is 13.9 Å². The molecular formula is C16H15F2N3O3. The summed E-state index contributed by atoms with van der Waals surface area (Å²) in [5.74, 6) is -0.314. The summed E-state index contributed by atoms with van der Waals surface area (Å²) in [4.78, 5) is 15.6. The zero-order valence-electron chi connectivity index (χ0n) is 12.8. The predicted molar refractivity (Wildman–Crippen MR) is 83.5 cm³/mol. The molecule has 0 unspecified atom stereocenters. The fraction of sp³-hybridized carbons (Fsp3) is 0.188. The van der Waals surface area contributed by atoms with Gasteiger partial charge < -0.3 is 9.47 Å². The maximum Gasteiger partial charge on any atom is 0.387 e. The van der Waals surface area contributed by atoms with Crippen LogP contribution < -0.4 is 14.9 Å². The van der Waals surface area contributed by atoms with E-state index in [9.17, 15) is 13.6 Å². The van der Waals surface area contributed by atoms with Gasteiger partial charge in [0.1, 0.15) is 0 Å². The van der Waals surface area contributed by atoms with E-state index in [2.05, 4.69) is 20.2 Å². The van der Waals surface area contributed by atoms with Crippen molar-refractivity contribution in [3.05, 3.63) is 53.9 Å². The monoisotopic (exact) mass is 335 g/mol. The number of alkyl halides is 2. The molecule has 0 atom stereocenters. The summed E-state index contributed by atoms with van der Waals surface area (Å²) in [6.45, 7) is -0.929. The van der Waals surface area contributed by atoms with Gasteiger partial charge in [0.2, 0.25) is 0 Å². The van der Waals surface area contributed by atoms with Gasteiger partial charge in [-0.05, 0) is 42.8 Å². The quantitative estimate of drug-likeness (QED) is 0.624. The summed E-state index contributed by atoms with van der Waals surface area (Å²) in [6.07, 6.45) is 4.33. The van der Waals surface area contributed by atoms with Crippen molar-refractivity contribution >= 4 is 12.1 Å². The van der Waals surface area contributed by atoms with Crippen molar-refractivity contribution in [1.29, 1.82) is 0 Å². The molecule has 24 heavy (non-hydrogen) atoms. The van der Waals surface area contributed by atoms with E-state index >= 15 is 0 Å². The summed E-state index contributed by atoms with van der Waals surface area (Å²) in [5.41, 5.74) is 3.26. The number of amides is 1. The number of carbonyl (C=O) groups is 1. The van der Waals surface area contributed by atoms with Crippen molar-refractivity contribution in [2.75, 3.05) is 6.61 Å². The summed E-state index contributed by atoms with van der Waals surface area (Å²) in [6, 6.07) is 7.58. The molecule has 1 aromatic heterocycles. The van der Waals surface area contributed by atoms with Gasteiger partial charge in [0, 0.05) is 12.4 Å². The van der Waals surface area contributed by atoms with Crippen LogP contribution in [0.5, 0.6) is 11.5 Å². The summed E-state index contributed by atoms with van der Waals surface area (Å²) in [7, 11) is 0. The van der Waals surface area contributed by atoms with E-state index in [0.717, 1.165) is 0 Å². The molecule has 0 spiro atoms. The molecule has 1 heterocycles. The Morgan fingerprint density at radius 1 is 1.38 bits per heavy atom. The molecular weight excluding hydrogens is 320 g/mol. The molecule has 0 saturated heterocycles. The van der Waals surface area contributed by atoms with Gasteiger partial charge in [-0.25, -0.2) is 5.43 Å². The molecule has 1 amide bonds. The van der Waals surface area contributed by atoms with Crippen LogP contribution in [-0.4, -0.2) is 30.3 Å². The van der Waals surface area contributed by atoms with Crippen molar-refractivity contribution in [2.45, 2.75) is 13.5 Å². The second-order valence-corrected chi connectivity index (χ2v) is 4.46. The minimum Gasteiger partial charge on any atom is -0.490 e. The largest absolute Gasteiger partial charge is 0.490 e. The molecule has 8 heteroatoms. The SMILES string of the molecule is CCOc1cc(/C=N\NC(=O)c2cccnc2)ccc1OC(F)F. The molecule has 2 aromatic rings. The Bertz CT molecular complexity index is 709. The first-order chi connectivity index (χ1) is 11.6. The molecule has 0 aliphatic carbocycles. The zero-order valence-corrected chi connectivity index (χ0v) is 12.8. The Balaban J connectivity index is 2.06. The number of hydrazone groups is 1. The molecule has 126 valence electrons. The molecule has 0 fully saturated rings. The van der Waals surface area contributed by atoms with Gasteiger partial charge in [0.15, 0.2) is 11.5 Å². The number of carbonyl (C=O) groups excluding carboxylic acids is 1. The van der Waals surface area contributed by atoms with Crippen molar-refractivity contribution < 1.29 is 23.0 Å². The van der Waals surface area contributed by atoms with Gasteiger partial charge in [0.25, 0.3) is 5.91 Å². The van der Waals surface area contributed by atoms with E-state index in [1.54, 1.807) is 25.3 Å². The minimum absolute atomic E-state index is 0.0663. The number of benzene rings is 1. The fourth-order valence-corrected chi connectivity index (χ4v) is 1.79. The van der Waals surface area contributed by atoms with E-state index in [1.165, 1.54) is 30.6 Å². The first-order valence-electron chi connectivity index (χ1n) is 7.05. The normalized spacial score (nSPS) is 10.8. The van der Waals surface area contributed by atoms with Gasteiger partial charge in [0.05, 0.1) is 18.4 Å². The number of aromatic nitrogens is 1. The smallest absolute Gasteiger partial charge is 0.387 e. The molecule has 6 nitrogen and oxygen atoms in total. The van der Waals surface area contributed by atoms with Crippen molar-refractivity contribution in [3.8, 4) is 11.5 Å². The Labute approximate surface area is 137 Å². The van der Waals surface area contributed by atoms with Crippen molar-refractivity contribution in [2.24, 2.45) is 5.10 Å². The second kappa shape index (κ2) is 8.56.